The van der Waals surface area contributed by atoms with Crippen LogP contribution in [-0.4, -0.2) is 48.7 Å². The highest BCUT2D eigenvalue weighted by atomic mass is 16.4. The molecule has 0 saturated heterocycles. The van der Waals surface area contributed by atoms with E-state index in [1.54, 1.807) is 42.3 Å². The molecule has 0 radical (unpaired) electrons. The second-order valence-corrected chi connectivity index (χ2v) is 7.41. The fourth-order valence-electron chi connectivity index (χ4n) is 3.39. The van der Waals surface area contributed by atoms with Crippen molar-refractivity contribution in [2.45, 2.75) is 51.7 Å². The number of aliphatic carboxylic acids is 1. The zero-order valence-corrected chi connectivity index (χ0v) is 16.0. The number of carbonyl (C=O) groups excluding carboxylic acids is 1. The topological polar surface area (TPSA) is 101 Å². The van der Waals surface area contributed by atoms with Gasteiger partial charge in [0, 0.05) is 12.1 Å². The lowest BCUT2D eigenvalue weighted by Gasteiger charge is -2.27. The van der Waals surface area contributed by atoms with Crippen molar-refractivity contribution in [3.8, 4) is 11.5 Å². The van der Waals surface area contributed by atoms with Crippen molar-refractivity contribution in [1.29, 1.82) is 0 Å². The third-order valence-corrected chi connectivity index (χ3v) is 5.01. The van der Waals surface area contributed by atoms with Crippen molar-refractivity contribution in [2.75, 3.05) is 0 Å². The van der Waals surface area contributed by atoms with E-state index in [2.05, 4.69) is 10.1 Å². The Morgan fingerprint density at radius 2 is 2.07 bits per heavy atom. The molecule has 8 heteroatoms. The molecule has 28 heavy (non-hydrogen) atoms. The SMILES string of the molecule is CC(C(=O)O)N(C(=O)c1cc(-c2ccco2)nc2c1cnn2C(C)C)C1CC1. The Kier molecular flexibility index (Phi) is 4.41. The van der Waals surface area contributed by atoms with Crippen LogP contribution in [0.25, 0.3) is 22.5 Å². The van der Waals surface area contributed by atoms with Gasteiger partial charge in [-0.3, -0.25) is 4.79 Å². The molecular formula is C20H22N4O4. The van der Waals surface area contributed by atoms with E-state index >= 15 is 0 Å². The average molecular weight is 382 g/mol. The largest absolute Gasteiger partial charge is 0.480 e. The van der Waals surface area contributed by atoms with Gasteiger partial charge in [-0.1, -0.05) is 0 Å². The summed E-state index contributed by atoms with van der Waals surface area (Å²) in [6.45, 7) is 5.51. The summed E-state index contributed by atoms with van der Waals surface area (Å²) in [5.74, 6) is -0.799. The second kappa shape index (κ2) is 6.78. The van der Waals surface area contributed by atoms with Crippen molar-refractivity contribution in [1.82, 2.24) is 19.7 Å². The van der Waals surface area contributed by atoms with Gasteiger partial charge in [-0.2, -0.15) is 5.10 Å². The van der Waals surface area contributed by atoms with Gasteiger partial charge in [-0.25, -0.2) is 14.5 Å². The molecule has 146 valence electrons. The summed E-state index contributed by atoms with van der Waals surface area (Å²) in [5.41, 5.74) is 1.48. The van der Waals surface area contributed by atoms with Crippen LogP contribution in [0, 0.1) is 0 Å². The van der Waals surface area contributed by atoms with Gasteiger partial charge in [-0.15, -0.1) is 0 Å². The molecule has 3 heterocycles. The number of aromatic nitrogens is 3. The molecule has 1 saturated carbocycles. The van der Waals surface area contributed by atoms with Crippen molar-refractivity contribution in [3.63, 3.8) is 0 Å². The van der Waals surface area contributed by atoms with Crippen molar-refractivity contribution in [2.24, 2.45) is 0 Å². The van der Waals surface area contributed by atoms with Crippen LogP contribution < -0.4 is 0 Å². The van der Waals surface area contributed by atoms with E-state index in [1.165, 1.54) is 4.90 Å². The van der Waals surface area contributed by atoms with Crippen LogP contribution in [0.3, 0.4) is 0 Å². The number of hydrogen-bond acceptors (Lipinski definition) is 5. The molecule has 1 aliphatic rings. The molecular weight excluding hydrogens is 360 g/mol. The first-order valence-electron chi connectivity index (χ1n) is 9.36. The number of nitrogens with zero attached hydrogens (tertiary/aromatic N) is 4. The third kappa shape index (κ3) is 3.04. The van der Waals surface area contributed by atoms with Crippen LogP contribution >= 0.6 is 0 Å². The van der Waals surface area contributed by atoms with E-state index in [4.69, 9.17) is 4.42 Å². The first-order valence-corrected chi connectivity index (χ1v) is 9.36. The average Bonchev–Trinajstić information content (AvgIpc) is 3.17. The Labute approximate surface area is 161 Å². The molecule has 1 aliphatic carbocycles. The lowest BCUT2D eigenvalue weighted by molar-refractivity contribution is -0.141. The first kappa shape index (κ1) is 18.2. The summed E-state index contributed by atoms with van der Waals surface area (Å²) >= 11 is 0. The molecule has 1 unspecified atom stereocenters. The summed E-state index contributed by atoms with van der Waals surface area (Å²) in [5, 5.41) is 14.5. The fourth-order valence-corrected chi connectivity index (χ4v) is 3.39. The second-order valence-electron chi connectivity index (χ2n) is 7.41. The van der Waals surface area contributed by atoms with Crippen LogP contribution in [0.5, 0.6) is 0 Å². The van der Waals surface area contributed by atoms with Gasteiger partial charge in [0.1, 0.15) is 11.7 Å². The zero-order valence-electron chi connectivity index (χ0n) is 16.0. The standard InChI is InChI=1S/C20H22N4O4/c1-11(2)24-18-15(10-21-24)14(9-16(22-18)17-5-4-8-28-17)19(25)23(13-6-7-13)12(3)20(26)27/h4-5,8-13H,6-7H2,1-3H3,(H,26,27). The van der Waals surface area contributed by atoms with Gasteiger partial charge >= 0.3 is 5.97 Å². The summed E-state index contributed by atoms with van der Waals surface area (Å²) in [6.07, 6.45) is 4.80. The van der Waals surface area contributed by atoms with Crippen LogP contribution in [0.2, 0.25) is 0 Å². The predicted molar refractivity (Wildman–Crippen MR) is 102 cm³/mol. The molecule has 0 spiro atoms. The number of hydrogen-bond donors (Lipinski definition) is 1. The highest BCUT2D eigenvalue weighted by Crippen LogP contribution is 2.33. The Morgan fingerprint density at radius 3 is 2.64 bits per heavy atom. The van der Waals surface area contributed by atoms with Crippen molar-refractivity contribution >= 4 is 22.9 Å². The van der Waals surface area contributed by atoms with E-state index in [1.807, 2.05) is 13.8 Å². The molecule has 1 amide bonds. The Morgan fingerprint density at radius 1 is 1.32 bits per heavy atom. The monoisotopic (exact) mass is 382 g/mol. The molecule has 1 atom stereocenters. The molecule has 0 aromatic carbocycles. The molecule has 1 fully saturated rings. The Hall–Kier alpha value is -3.16. The molecule has 0 aliphatic heterocycles. The number of fused-ring (bicyclic) bond motifs is 1. The van der Waals surface area contributed by atoms with Gasteiger partial charge in [-0.05, 0) is 51.8 Å². The number of rotatable bonds is 6. The molecule has 0 bridgehead atoms. The van der Waals surface area contributed by atoms with Gasteiger partial charge in [0.15, 0.2) is 11.4 Å². The number of amides is 1. The summed E-state index contributed by atoms with van der Waals surface area (Å²) < 4.78 is 7.23. The molecule has 8 nitrogen and oxygen atoms in total. The summed E-state index contributed by atoms with van der Waals surface area (Å²) in [7, 11) is 0. The lowest BCUT2D eigenvalue weighted by atomic mass is 10.1. The number of carboxylic acid groups (broad SMARTS) is 1. The first-order chi connectivity index (χ1) is 13.4. The smallest absolute Gasteiger partial charge is 0.326 e. The van der Waals surface area contributed by atoms with Crippen LogP contribution in [0.4, 0.5) is 0 Å². The Bertz CT molecular complexity index is 1030. The minimum absolute atomic E-state index is 0.0472. The molecule has 3 aromatic heterocycles. The van der Waals surface area contributed by atoms with E-state index in [0.717, 1.165) is 12.8 Å². The molecule has 3 aromatic rings. The van der Waals surface area contributed by atoms with Crippen LogP contribution in [-0.2, 0) is 4.79 Å². The summed E-state index contributed by atoms with van der Waals surface area (Å²) in [4.78, 5) is 31.2. The van der Waals surface area contributed by atoms with E-state index in [9.17, 15) is 14.7 Å². The maximum Gasteiger partial charge on any atom is 0.326 e. The minimum atomic E-state index is -1.02. The third-order valence-electron chi connectivity index (χ3n) is 5.01. The summed E-state index contributed by atoms with van der Waals surface area (Å²) in [6, 6.07) is 4.30. The number of pyridine rings is 1. The number of carbonyl (C=O) groups is 2. The quantitative estimate of drug-likeness (QED) is 0.701. The van der Waals surface area contributed by atoms with Crippen molar-refractivity contribution in [3.05, 3.63) is 36.2 Å². The van der Waals surface area contributed by atoms with Gasteiger partial charge in [0.25, 0.3) is 5.91 Å². The van der Waals surface area contributed by atoms with Crippen LogP contribution in [0.15, 0.2) is 35.1 Å². The normalized spacial score (nSPS) is 15.1. The predicted octanol–water partition coefficient (Wildman–Crippen LogP) is 3.35. The number of carboxylic acids is 1. The van der Waals surface area contributed by atoms with Gasteiger partial charge in [0.05, 0.1) is 23.4 Å². The highest BCUT2D eigenvalue weighted by molar-refractivity contribution is 6.07. The zero-order chi connectivity index (χ0) is 20.0. The van der Waals surface area contributed by atoms with E-state index in [0.29, 0.717) is 28.1 Å². The van der Waals surface area contributed by atoms with Gasteiger partial charge < -0.3 is 14.4 Å². The van der Waals surface area contributed by atoms with E-state index in [-0.39, 0.29) is 18.0 Å². The van der Waals surface area contributed by atoms with Crippen molar-refractivity contribution < 1.29 is 19.1 Å². The molecule has 1 N–H and O–H groups in total. The highest BCUT2D eigenvalue weighted by Gasteiger charge is 2.39. The maximum absolute atomic E-state index is 13.5. The van der Waals surface area contributed by atoms with Crippen LogP contribution in [0.1, 0.15) is 50.0 Å². The minimum Gasteiger partial charge on any atom is -0.480 e. The molecule has 4 rings (SSSR count). The fraction of sp³-hybridized carbons (Fsp3) is 0.400. The Balaban J connectivity index is 1.89. The number of furan rings is 1. The lowest BCUT2D eigenvalue weighted by Crippen LogP contribution is -2.44. The van der Waals surface area contributed by atoms with Gasteiger partial charge in [0.2, 0.25) is 0 Å². The maximum atomic E-state index is 13.5. The van der Waals surface area contributed by atoms with E-state index < -0.39 is 12.0 Å².